The number of urea groups is 1. The lowest BCUT2D eigenvalue weighted by Crippen LogP contribution is -2.48. The van der Waals surface area contributed by atoms with Gasteiger partial charge in [-0.25, -0.2) is 4.79 Å². The van der Waals surface area contributed by atoms with Gasteiger partial charge in [-0.15, -0.1) is 0 Å². The summed E-state index contributed by atoms with van der Waals surface area (Å²) < 4.78 is 11.5. The first-order valence-electron chi connectivity index (χ1n) is 8.35. The summed E-state index contributed by atoms with van der Waals surface area (Å²) in [6, 6.07) is 15.2. The Bertz CT molecular complexity index is 766. The van der Waals surface area contributed by atoms with Gasteiger partial charge in [-0.3, -0.25) is 0 Å². The molecule has 0 radical (unpaired) electrons. The topological polar surface area (TPSA) is 50.8 Å². The van der Waals surface area contributed by atoms with Crippen LogP contribution in [-0.4, -0.2) is 37.2 Å². The zero-order valence-electron chi connectivity index (χ0n) is 13.7. The van der Waals surface area contributed by atoms with Crippen molar-refractivity contribution in [3.63, 3.8) is 0 Å². The van der Waals surface area contributed by atoms with Crippen LogP contribution in [0, 0.1) is 0 Å². The number of amides is 2. The quantitative estimate of drug-likeness (QED) is 0.893. The smallest absolute Gasteiger partial charge is 0.318 e. The van der Waals surface area contributed by atoms with Crippen molar-refractivity contribution in [3.8, 4) is 5.75 Å². The number of halogens is 1. The number of rotatable bonds is 2. The van der Waals surface area contributed by atoms with Gasteiger partial charge in [0.15, 0.2) is 0 Å². The SMILES string of the molecule is O=C(NC1COc2ccccc21)N1CCOC(c2ccc(Cl)cc2)C1. The maximum atomic E-state index is 12.7. The van der Waals surface area contributed by atoms with Crippen LogP contribution in [0.3, 0.4) is 0 Å². The summed E-state index contributed by atoms with van der Waals surface area (Å²) in [5.41, 5.74) is 2.05. The number of benzene rings is 2. The van der Waals surface area contributed by atoms with Gasteiger partial charge in [0.2, 0.25) is 0 Å². The minimum atomic E-state index is -0.135. The molecule has 0 bridgehead atoms. The zero-order valence-corrected chi connectivity index (χ0v) is 14.4. The zero-order chi connectivity index (χ0) is 17.2. The fraction of sp³-hybridized carbons (Fsp3) is 0.316. The van der Waals surface area contributed by atoms with E-state index < -0.39 is 0 Å². The van der Waals surface area contributed by atoms with Crippen molar-refractivity contribution in [2.24, 2.45) is 0 Å². The summed E-state index contributed by atoms with van der Waals surface area (Å²) in [5, 5.41) is 3.76. The molecule has 0 aromatic heterocycles. The third-order valence-electron chi connectivity index (χ3n) is 4.59. The Labute approximate surface area is 151 Å². The molecule has 2 aromatic rings. The lowest BCUT2D eigenvalue weighted by atomic mass is 10.1. The molecule has 0 saturated carbocycles. The number of hydrogen-bond donors (Lipinski definition) is 1. The van der Waals surface area contributed by atoms with E-state index in [-0.39, 0.29) is 18.2 Å². The van der Waals surface area contributed by atoms with E-state index in [0.29, 0.717) is 31.3 Å². The summed E-state index contributed by atoms with van der Waals surface area (Å²) in [6.07, 6.45) is -0.135. The molecular formula is C19H19ClN2O3. The van der Waals surface area contributed by atoms with Crippen LogP contribution in [0.25, 0.3) is 0 Å². The molecule has 1 saturated heterocycles. The molecule has 2 aromatic carbocycles. The molecule has 1 N–H and O–H groups in total. The van der Waals surface area contributed by atoms with Gasteiger partial charge < -0.3 is 19.7 Å². The largest absolute Gasteiger partial charge is 0.491 e. The number of carbonyl (C=O) groups excluding carboxylic acids is 1. The van der Waals surface area contributed by atoms with Crippen LogP contribution in [-0.2, 0) is 4.74 Å². The van der Waals surface area contributed by atoms with Crippen molar-refractivity contribution >= 4 is 17.6 Å². The van der Waals surface area contributed by atoms with E-state index >= 15 is 0 Å². The average molecular weight is 359 g/mol. The summed E-state index contributed by atoms with van der Waals surface area (Å²) in [7, 11) is 0. The fourth-order valence-corrected chi connectivity index (χ4v) is 3.36. The van der Waals surface area contributed by atoms with E-state index in [0.717, 1.165) is 16.9 Å². The number of carbonyl (C=O) groups is 1. The molecular weight excluding hydrogens is 340 g/mol. The molecule has 5 nitrogen and oxygen atoms in total. The molecule has 0 aliphatic carbocycles. The van der Waals surface area contributed by atoms with E-state index in [1.165, 1.54) is 0 Å². The normalized spacial score (nSPS) is 22.2. The van der Waals surface area contributed by atoms with Crippen LogP contribution in [0.2, 0.25) is 5.02 Å². The third-order valence-corrected chi connectivity index (χ3v) is 4.85. The molecule has 2 aliphatic heterocycles. The first-order chi connectivity index (χ1) is 12.2. The second kappa shape index (κ2) is 6.94. The molecule has 2 heterocycles. The Morgan fingerprint density at radius 3 is 2.80 bits per heavy atom. The lowest BCUT2D eigenvalue weighted by Gasteiger charge is -2.33. The van der Waals surface area contributed by atoms with Crippen molar-refractivity contribution < 1.29 is 14.3 Å². The number of morpholine rings is 1. The maximum Gasteiger partial charge on any atom is 0.318 e. The van der Waals surface area contributed by atoms with E-state index in [4.69, 9.17) is 21.1 Å². The van der Waals surface area contributed by atoms with Gasteiger partial charge in [-0.1, -0.05) is 41.9 Å². The molecule has 2 aliphatic rings. The predicted octanol–water partition coefficient (Wildman–Crippen LogP) is 3.56. The highest BCUT2D eigenvalue weighted by atomic mass is 35.5. The number of nitrogens with zero attached hydrogens (tertiary/aromatic N) is 1. The van der Waals surface area contributed by atoms with Gasteiger partial charge in [0.25, 0.3) is 0 Å². The number of nitrogens with one attached hydrogen (secondary N) is 1. The van der Waals surface area contributed by atoms with Gasteiger partial charge in [-0.2, -0.15) is 0 Å². The number of para-hydroxylation sites is 1. The van der Waals surface area contributed by atoms with E-state index in [9.17, 15) is 4.79 Å². The second-order valence-electron chi connectivity index (χ2n) is 6.21. The van der Waals surface area contributed by atoms with Crippen LogP contribution in [0.5, 0.6) is 5.75 Å². The first kappa shape index (κ1) is 16.2. The third kappa shape index (κ3) is 3.43. The minimum absolute atomic E-state index is 0.0902. The van der Waals surface area contributed by atoms with E-state index in [1.54, 1.807) is 4.90 Å². The van der Waals surface area contributed by atoms with Crippen LogP contribution >= 0.6 is 11.6 Å². The van der Waals surface area contributed by atoms with Crippen LogP contribution in [0.4, 0.5) is 4.79 Å². The summed E-state index contributed by atoms with van der Waals surface area (Å²) in [4.78, 5) is 14.5. The Morgan fingerprint density at radius 1 is 1.16 bits per heavy atom. The molecule has 2 unspecified atom stereocenters. The molecule has 4 rings (SSSR count). The van der Waals surface area contributed by atoms with Gasteiger partial charge in [-0.05, 0) is 23.8 Å². The number of hydrogen-bond acceptors (Lipinski definition) is 3. The van der Waals surface area contributed by atoms with Gasteiger partial charge >= 0.3 is 6.03 Å². The molecule has 0 spiro atoms. The highest BCUT2D eigenvalue weighted by Gasteiger charge is 2.30. The summed E-state index contributed by atoms with van der Waals surface area (Å²) in [5.74, 6) is 0.841. The highest BCUT2D eigenvalue weighted by Crippen LogP contribution is 2.32. The van der Waals surface area contributed by atoms with E-state index in [2.05, 4.69) is 5.32 Å². The standard InChI is InChI=1S/C19H19ClN2O3/c20-14-7-5-13(6-8-14)18-11-22(9-10-24-18)19(23)21-16-12-25-17-4-2-1-3-15(16)17/h1-8,16,18H,9-12H2,(H,21,23). The number of ether oxygens (including phenoxy) is 2. The number of fused-ring (bicyclic) bond motifs is 1. The van der Waals surface area contributed by atoms with Crippen molar-refractivity contribution in [3.05, 3.63) is 64.7 Å². The van der Waals surface area contributed by atoms with Gasteiger partial charge in [0, 0.05) is 17.1 Å². The lowest BCUT2D eigenvalue weighted by molar-refractivity contribution is -0.0158. The Kier molecular flexibility index (Phi) is 4.51. The Hall–Kier alpha value is -2.24. The minimum Gasteiger partial charge on any atom is -0.491 e. The molecule has 1 fully saturated rings. The van der Waals surface area contributed by atoms with Crippen molar-refractivity contribution in [1.82, 2.24) is 10.2 Å². The maximum absolute atomic E-state index is 12.7. The van der Waals surface area contributed by atoms with Crippen LogP contribution < -0.4 is 10.1 Å². The molecule has 130 valence electrons. The van der Waals surface area contributed by atoms with Crippen molar-refractivity contribution in [2.45, 2.75) is 12.1 Å². The second-order valence-corrected chi connectivity index (χ2v) is 6.64. The van der Waals surface area contributed by atoms with Gasteiger partial charge in [0.1, 0.15) is 18.5 Å². The highest BCUT2D eigenvalue weighted by molar-refractivity contribution is 6.30. The monoisotopic (exact) mass is 358 g/mol. The summed E-state index contributed by atoms with van der Waals surface area (Å²) in [6.45, 7) is 2.07. The van der Waals surface area contributed by atoms with Crippen LogP contribution in [0.15, 0.2) is 48.5 Å². The first-order valence-corrected chi connectivity index (χ1v) is 8.73. The molecule has 2 amide bonds. The van der Waals surface area contributed by atoms with E-state index in [1.807, 2.05) is 48.5 Å². The molecule has 2 atom stereocenters. The Balaban J connectivity index is 1.41. The molecule has 6 heteroatoms. The molecule has 25 heavy (non-hydrogen) atoms. The fourth-order valence-electron chi connectivity index (χ4n) is 3.24. The van der Waals surface area contributed by atoms with Crippen molar-refractivity contribution in [1.29, 1.82) is 0 Å². The average Bonchev–Trinajstić information content (AvgIpc) is 3.05. The predicted molar refractivity (Wildman–Crippen MR) is 94.9 cm³/mol. The van der Waals surface area contributed by atoms with Crippen molar-refractivity contribution in [2.75, 3.05) is 26.3 Å². The van der Waals surface area contributed by atoms with Gasteiger partial charge in [0.05, 0.1) is 19.2 Å². The Morgan fingerprint density at radius 2 is 1.96 bits per heavy atom. The van der Waals surface area contributed by atoms with Crippen LogP contribution in [0.1, 0.15) is 23.3 Å². The summed E-state index contributed by atoms with van der Waals surface area (Å²) >= 11 is 5.94.